The molecule has 0 fully saturated rings. The van der Waals surface area contributed by atoms with Gasteiger partial charge in [0.25, 0.3) is 5.91 Å². The minimum Gasteiger partial charge on any atom is -0.396 e. The number of halogens is 2. The first kappa shape index (κ1) is 10.5. The van der Waals surface area contributed by atoms with Gasteiger partial charge in [0.05, 0.1) is 16.4 Å². The van der Waals surface area contributed by atoms with Crippen molar-refractivity contribution in [3.8, 4) is 0 Å². The molecule has 1 aliphatic rings. The zero-order valence-corrected chi connectivity index (χ0v) is 10.0. The molecule has 0 aliphatic heterocycles. The topological polar surface area (TPSA) is 55.1 Å². The molecule has 0 heterocycles. The van der Waals surface area contributed by atoms with Crippen LogP contribution in [-0.2, 0) is 4.79 Å². The number of hydrogen-bond acceptors (Lipinski definition) is 2. The first-order valence-electron chi connectivity index (χ1n) is 4.33. The van der Waals surface area contributed by atoms with Crippen molar-refractivity contribution in [1.29, 1.82) is 0 Å². The van der Waals surface area contributed by atoms with Crippen LogP contribution in [0.3, 0.4) is 0 Å². The fourth-order valence-corrected chi connectivity index (χ4v) is 1.94. The number of carbonyl (C=O) groups is 1. The normalized spacial score (nSPS) is 13.3. The van der Waals surface area contributed by atoms with E-state index in [9.17, 15) is 4.79 Å². The van der Waals surface area contributed by atoms with Crippen molar-refractivity contribution in [3.05, 3.63) is 33.3 Å². The quantitative estimate of drug-likeness (QED) is 0.822. The number of allylic oxidation sites excluding steroid dienone is 1. The summed E-state index contributed by atoms with van der Waals surface area (Å²) in [5.41, 5.74) is 7.43. The van der Waals surface area contributed by atoms with Gasteiger partial charge >= 0.3 is 0 Å². The molecule has 0 atom stereocenters. The molecule has 5 heteroatoms. The van der Waals surface area contributed by atoms with Gasteiger partial charge in [0, 0.05) is 10.0 Å². The molecule has 2 rings (SSSR count). The van der Waals surface area contributed by atoms with Gasteiger partial charge in [-0.3, -0.25) is 4.79 Å². The highest BCUT2D eigenvalue weighted by atomic mass is 79.9. The molecule has 1 aromatic rings. The van der Waals surface area contributed by atoms with E-state index < -0.39 is 0 Å². The maximum atomic E-state index is 11.5. The van der Waals surface area contributed by atoms with Crippen LogP contribution in [0.15, 0.2) is 28.3 Å². The molecule has 1 amide bonds. The van der Waals surface area contributed by atoms with E-state index in [0.717, 1.165) is 16.5 Å². The third-order valence-corrected chi connectivity index (χ3v) is 2.81. The molecule has 15 heavy (non-hydrogen) atoms. The molecule has 3 N–H and O–H groups in total. The summed E-state index contributed by atoms with van der Waals surface area (Å²) in [7, 11) is 0. The second-order valence-electron chi connectivity index (χ2n) is 3.24. The van der Waals surface area contributed by atoms with E-state index >= 15 is 0 Å². The maximum absolute atomic E-state index is 11.5. The van der Waals surface area contributed by atoms with E-state index in [1.54, 1.807) is 12.1 Å². The Morgan fingerprint density at radius 1 is 1.53 bits per heavy atom. The standard InChI is InChI=1S/C10H8BrClN2O/c11-6-3-7(12)9(13)8(4-6)14-10(15)5-1-2-5/h1,3-4H,2,13H2,(H,14,15). The summed E-state index contributed by atoms with van der Waals surface area (Å²) < 4.78 is 0.779. The highest BCUT2D eigenvalue weighted by molar-refractivity contribution is 9.10. The van der Waals surface area contributed by atoms with Crippen LogP contribution < -0.4 is 11.1 Å². The molecule has 0 saturated carbocycles. The van der Waals surface area contributed by atoms with E-state index in [2.05, 4.69) is 21.2 Å². The smallest absolute Gasteiger partial charge is 0.251 e. The maximum Gasteiger partial charge on any atom is 0.251 e. The predicted molar refractivity (Wildman–Crippen MR) is 64.9 cm³/mol. The summed E-state index contributed by atoms with van der Waals surface area (Å²) in [6.07, 6.45) is 2.61. The van der Waals surface area contributed by atoms with Gasteiger partial charge in [-0.2, -0.15) is 0 Å². The second kappa shape index (κ2) is 3.87. The average molecular weight is 288 g/mol. The Morgan fingerprint density at radius 2 is 2.20 bits per heavy atom. The lowest BCUT2D eigenvalue weighted by Crippen LogP contribution is -2.11. The minimum absolute atomic E-state index is 0.115. The van der Waals surface area contributed by atoms with Crippen LogP contribution in [0.5, 0.6) is 0 Å². The zero-order valence-electron chi connectivity index (χ0n) is 7.68. The summed E-state index contributed by atoms with van der Waals surface area (Å²) in [6.45, 7) is 0. The summed E-state index contributed by atoms with van der Waals surface area (Å²) in [6, 6.07) is 3.41. The molecule has 3 nitrogen and oxygen atoms in total. The summed E-state index contributed by atoms with van der Waals surface area (Å²) >= 11 is 9.16. The number of hydrogen-bond donors (Lipinski definition) is 2. The zero-order chi connectivity index (χ0) is 11.0. The fraction of sp³-hybridized carbons (Fsp3) is 0.100. The van der Waals surface area contributed by atoms with E-state index in [4.69, 9.17) is 17.3 Å². The summed E-state index contributed by atoms with van der Waals surface area (Å²) in [5, 5.41) is 3.13. The van der Waals surface area contributed by atoms with Gasteiger partial charge in [-0.15, -0.1) is 0 Å². The van der Waals surface area contributed by atoms with Crippen LogP contribution in [-0.4, -0.2) is 5.91 Å². The molecule has 0 radical (unpaired) electrons. The monoisotopic (exact) mass is 286 g/mol. The van der Waals surface area contributed by atoms with Crippen molar-refractivity contribution in [2.75, 3.05) is 11.1 Å². The SMILES string of the molecule is Nc1c(Cl)cc(Br)cc1NC(=O)C1=CC1. The molecular formula is C10H8BrClN2O. The molecule has 1 aliphatic carbocycles. The summed E-state index contributed by atoms with van der Waals surface area (Å²) in [5.74, 6) is -0.115. The molecule has 0 aromatic heterocycles. The number of anilines is 2. The number of benzene rings is 1. The Hall–Kier alpha value is -1.00. The molecule has 1 aromatic carbocycles. The lowest BCUT2D eigenvalue weighted by Gasteiger charge is -2.08. The first-order valence-corrected chi connectivity index (χ1v) is 5.50. The van der Waals surface area contributed by atoms with Gasteiger partial charge in [0.1, 0.15) is 0 Å². The lowest BCUT2D eigenvalue weighted by atomic mass is 10.2. The van der Waals surface area contributed by atoms with Gasteiger partial charge < -0.3 is 11.1 Å². The Balaban J connectivity index is 2.26. The van der Waals surface area contributed by atoms with Crippen LogP contribution in [0.1, 0.15) is 6.42 Å². The first-order chi connectivity index (χ1) is 7.08. The van der Waals surface area contributed by atoms with Gasteiger partial charge in [-0.25, -0.2) is 0 Å². The number of nitrogen functional groups attached to an aromatic ring is 1. The van der Waals surface area contributed by atoms with Crippen LogP contribution in [0, 0.1) is 0 Å². The Kier molecular flexibility index (Phi) is 2.71. The van der Waals surface area contributed by atoms with Crippen LogP contribution in [0.2, 0.25) is 5.02 Å². The van der Waals surface area contributed by atoms with Gasteiger partial charge in [0.2, 0.25) is 0 Å². The van der Waals surface area contributed by atoms with Crippen molar-refractivity contribution < 1.29 is 4.79 Å². The molecule has 0 spiro atoms. The van der Waals surface area contributed by atoms with E-state index in [1.807, 2.05) is 6.08 Å². The van der Waals surface area contributed by atoms with Gasteiger partial charge in [0.15, 0.2) is 0 Å². The average Bonchev–Trinajstić information content (AvgIpc) is 2.96. The fourth-order valence-electron chi connectivity index (χ4n) is 1.13. The largest absolute Gasteiger partial charge is 0.396 e. The van der Waals surface area contributed by atoms with E-state index in [1.165, 1.54) is 0 Å². The van der Waals surface area contributed by atoms with Crippen LogP contribution in [0.4, 0.5) is 11.4 Å². The van der Waals surface area contributed by atoms with Crippen molar-refractivity contribution >= 4 is 44.8 Å². The molecular weight excluding hydrogens is 279 g/mol. The number of rotatable bonds is 2. The molecule has 0 bridgehead atoms. The summed E-state index contributed by atoms with van der Waals surface area (Å²) in [4.78, 5) is 11.5. The van der Waals surface area contributed by atoms with Crippen molar-refractivity contribution in [3.63, 3.8) is 0 Å². The van der Waals surface area contributed by atoms with Crippen LogP contribution >= 0.6 is 27.5 Å². The van der Waals surface area contributed by atoms with Gasteiger partial charge in [-0.1, -0.05) is 33.6 Å². The van der Waals surface area contributed by atoms with E-state index in [0.29, 0.717) is 16.4 Å². The van der Waals surface area contributed by atoms with Gasteiger partial charge in [-0.05, 0) is 18.6 Å². The highest BCUT2D eigenvalue weighted by Gasteiger charge is 2.18. The Morgan fingerprint density at radius 3 is 2.80 bits per heavy atom. The van der Waals surface area contributed by atoms with Crippen LogP contribution in [0.25, 0.3) is 0 Å². The Labute approximate surface area is 100 Å². The van der Waals surface area contributed by atoms with E-state index in [-0.39, 0.29) is 5.91 Å². The third-order valence-electron chi connectivity index (χ3n) is 2.04. The minimum atomic E-state index is -0.115. The molecule has 0 unspecified atom stereocenters. The Bertz CT molecular complexity index is 471. The number of amides is 1. The highest BCUT2D eigenvalue weighted by Crippen LogP contribution is 2.32. The lowest BCUT2D eigenvalue weighted by molar-refractivity contribution is -0.112. The number of nitrogens with one attached hydrogen (secondary N) is 1. The third kappa shape index (κ3) is 2.33. The van der Waals surface area contributed by atoms with Crippen molar-refractivity contribution in [2.24, 2.45) is 0 Å². The number of nitrogens with two attached hydrogens (primary N) is 1. The molecule has 0 saturated heterocycles. The van der Waals surface area contributed by atoms with Crippen molar-refractivity contribution in [2.45, 2.75) is 6.42 Å². The predicted octanol–water partition coefficient (Wildman–Crippen LogP) is 2.95. The molecule has 78 valence electrons. The van der Waals surface area contributed by atoms with Crippen molar-refractivity contribution in [1.82, 2.24) is 0 Å². The second-order valence-corrected chi connectivity index (χ2v) is 4.56. The number of carbonyl (C=O) groups excluding carboxylic acids is 1.